The molecule has 2 N–H and O–H groups in total. The first-order valence-corrected chi connectivity index (χ1v) is 8.29. The van der Waals surface area contributed by atoms with Crippen LogP contribution in [0.3, 0.4) is 0 Å². The number of hydrogen-bond acceptors (Lipinski definition) is 4. The van der Waals surface area contributed by atoms with Gasteiger partial charge in [0.25, 0.3) is 0 Å². The molecular weight excluding hydrogens is 250 g/mol. The van der Waals surface area contributed by atoms with Crippen molar-refractivity contribution in [1.29, 1.82) is 0 Å². The van der Waals surface area contributed by atoms with Crippen LogP contribution in [0, 0.1) is 5.92 Å². The summed E-state index contributed by atoms with van der Waals surface area (Å²) in [6.07, 6.45) is 5.00. The molecule has 2 heterocycles. The van der Waals surface area contributed by atoms with Crippen LogP contribution in [0.4, 0.5) is 0 Å². The van der Waals surface area contributed by atoms with E-state index >= 15 is 0 Å². The molecule has 4 nitrogen and oxygen atoms in total. The zero-order valence-electron chi connectivity index (χ0n) is 13.6. The fraction of sp³-hybridized carbons (Fsp3) is 1.00. The lowest BCUT2D eigenvalue weighted by molar-refractivity contribution is -0.0105. The molecule has 2 fully saturated rings. The van der Waals surface area contributed by atoms with Gasteiger partial charge in [0.05, 0.1) is 0 Å². The van der Waals surface area contributed by atoms with E-state index in [-0.39, 0.29) is 5.54 Å². The summed E-state index contributed by atoms with van der Waals surface area (Å²) < 4.78 is 5.30. The van der Waals surface area contributed by atoms with Crippen molar-refractivity contribution in [1.82, 2.24) is 9.80 Å². The molecule has 2 aliphatic rings. The third-order valence-corrected chi connectivity index (χ3v) is 5.53. The molecular formula is C16H33N3O. The van der Waals surface area contributed by atoms with Crippen LogP contribution >= 0.6 is 0 Å². The van der Waals surface area contributed by atoms with Gasteiger partial charge >= 0.3 is 0 Å². The number of nitrogens with zero attached hydrogens (tertiary/aromatic N) is 2. The Hall–Kier alpha value is -0.160. The fourth-order valence-corrected chi connectivity index (χ4v) is 3.92. The maximum atomic E-state index is 6.20. The van der Waals surface area contributed by atoms with Gasteiger partial charge in [-0.15, -0.1) is 0 Å². The molecule has 0 amide bonds. The quantitative estimate of drug-likeness (QED) is 0.831. The predicted octanol–water partition coefficient (Wildman–Crippen LogP) is 1.55. The highest BCUT2D eigenvalue weighted by Crippen LogP contribution is 2.32. The SMILES string of the molecule is COCC1CCN(C2(CN)CCN(C(C)C)CC2)CC1. The maximum Gasteiger partial charge on any atom is 0.0491 e. The van der Waals surface area contributed by atoms with Gasteiger partial charge in [-0.3, -0.25) is 4.90 Å². The van der Waals surface area contributed by atoms with E-state index in [0.29, 0.717) is 6.04 Å². The van der Waals surface area contributed by atoms with Crippen LogP contribution in [0.5, 0.6) is 0 Å². The minimum Gasteiger partial charge on any atom is -0.384 e. The van der Waals surface area contributed by atoms with Crippen molar-refractivity contribution >= 4 is 0 Å². The molecule has 2 saturated heterocycles. The van der Waals surface area contributed by atoms with E-state index in [1.165, 1.54) is 51.9 Å². The van der Waals surface area contributed by atoms with E-state index in [1.807, 2.05) is 7.11 Å². The van der Waals surface area contributed by atoms with Gasteiger partial charge in [0.15, 0.2) is 0 Å². The highest BCUT2D eigenvalue weighted by molar-refractivity contribution is 4.98. The van der Waals surface area contributed by atoms with E-state index in [1.54, 1.807) is 0 Å². The second-order valence-electron chi connectivity index (χ2n) is 6.94. The summed E-state index contributed by atoms with van der Waals surface area (Å²) in [5.74, 6) is 0.752. The lowest BCUT2D eigenvalue weighted by Gasteiger charge is -2.51. The van der Waals surface area contributed by atoms with Crippen LogP contribution in [0.15, 0.2) is 0 Å². The van der Waals surface area contributed by atoms with Gasteiger partial charge < -0.3 is 15.4 Å². The molecule has 4 heteroatoms. The summed E-state index contributed by atoms with van der Waals surface area (Å²) in [6, 6.07) is 0.665. The number of likely N-dealkylation sites (tertiary alicyclic amines) is 2. The Balaban J connectivity index is 1.89. The summed E-state index contributed by atoms with van der Waals surface area (Å²) in [4.78, 5) is 5.28. The second-order valence-corrected chi connectivity index (χ2v) is 6.94. The highest BCUT2D eigenvalue weighted by Gasteiger charge is 2.40. The Morgan fingerprint density at radius 2 is 1.75 bits per heavy atom. The van der Waals surface area contributed by atoms with Crippen molar-refractivity contribution < 1.29 is 4.74 Å². The van der Waals surface area contributed by atoms with Gasteiger partial charge in [-0.05, 0) is 58.5 Å². The van der Waals surface area contributed by atoms with Crippen LogP contribution in [0.25, 0.3) is 0 Å². The standard InChI is InChI=1S/C16H33N3O/c1-14(2)18-10-6-16(13-17,7-11-18)19-8-4-15(5-9-19)12-20-3/h14-15H,4-13,17H2,1-3H3. The van der Waals surface area contributed by atoms with Crippen molar-refractivity contribution in [3.8, 4) is 0 Å². The molecule has 2 rings (SSSR count). The lowest BCUT2D eigenvalue weighted by atomic mass is 9.82. The minimum absolute atomic E-state index is 0.267. The van der Waals surface area contributed by atoms with Gasteiger partial charge in [-0.2, -0.15) is 0 Å². The number of nitrogens with two attached hydrogens (primary N) is 1. The Morgan fingerprint density at radius 1 is 1.15 bits per heavy atom. The van der Waals surface area contributed by atoms with Crippen LogP contribution < -0.4 is 5.73 Å². The summed E-state index contributed by atoms with van der Waals surface area (Å²) in [6.45, 7) is 11.1. The molecule has 0 aromatic heterocycles. The average molecular weight is 283 g/mol. The van der Waals surface area contributed by atoms with Gasteiger partial charge in [0, 0.05) is 44.9 Å². The zero-order chi connectivity index (χ0) is 14.6. The number of hydrogen-bond donors (Lipinski definition) is 1. The average Bonchev–Trinajstić information content (AvgIpc) is 2.48. The molecule has 0 unspecified atom stereocenters. The van der Waals surface area contributed by atoms with Crippen LogP contribution in [-0.4, -0.2) is 67.8 Å². The number of ether oxygens (including phenoxy) is 1. The smallest absolute Gasteiger partial charge is 0.0491 e. The van der Waals surface area contributed by atoms with Crippen molar-refractivity contribution in [2.45, 2.75) is 51.1 Å². The zero-order valence-corrected chi connectivity index (χ0v) is 13.6. The maximum absolute atomic E-state index is 6.20. The molecule has 0 aromatic carbocycles. The molecule has 0 aromatic rings. The van der Waals surface area contributed by atoms with Crippen molar-refractivity contribution in [2.75, 3.05) is 46.4 Å². The molecule has 0 saturated carbocycles. The molecule has 0 radical (unpaired) electrons. The number of rotatable bonds is 5. The predicted molar refractivity (Wildman–Crippen MR) is 83.9 cm³/mol. The Morgan fingerprint density at radius 3 is 2.20 bits per heavy atom. The molecule has 20 heavy (non-hydrogen) atoms. The van der Waals surface area contributed by atoms with Gasteiger partial charge in [0.2, 0.25) is 0 Å². The first kappa shape index (κ1) is 16.2. The van der Waals surface area contributed by atoms with Crippen molar-refractivity contribution in [3.63, 3.8) is 0 Å². The number of methoxy groups -OCH3 is 1. The third kappa shape index (κ3) is 3.53. The first-order chi connectivity index (χ1) is 9.61. The minimum atomic E-state index is 0.267. The van der Waals surface area contributed by atoms with Crippen molar-refractivity contribution in [3.05, 3.63) is 0 Å². The summed E-state index contributed by atoms with van der Waals surface area (Å²) in [5.41, 5.74) is 6.47. The normalized spacial score (nSPS) is 26.2. The Bertz CT molecular complexity index is 279. The monoisotopic (exact) mass is 283 g/mol. The largest absolute Gasteiger partial charge is 0.384 e. The van der Waals surface area contributed by atoms with Gasteiger partial charge in [0.1, 0.15) is 0 Å². The summed E-state index contributed by atoms with van der Waals surface area (Å²) in [5, 5.41) is 0. The second kappa shape index (κ2) is 7.21. The fourth-order valence-electron chi connectivity index (χ4n) is 3.92. The molecule has 0 atom stereocenters. The van der Waals surface area contributed by atoms with E-state index in [9.17, 15) is 0 Å². The molecule has 0 aliphatic carbocycles. The lowest BCUT2D eigenvalue weighted by Crippen LogP contribution is -2.61. The van der Waals surface area contributed by atoms with E-state index in [4.69, 9.17) is 10.5 Å². The molecule has 0 spiro atoms. The Labute approximate surface area is 124 Å². The van der Waals surface area contributed by atoms with Gasteiger partial charge in [-0.25, -0.2) is 0 Å². The third-order valence-electron chi connectivity index (χ3n) is 5.53. The first-order valence-electron chi connectivity index (χ1n) is 8.29. The Kier molecular flexibility index (Phi) is 5.84. The molecule has 2 aliphatic heterocycles. The van der Waals surface area contributed by atoms with E-state index in [0.717, 1.165) is 19.1 Å². The highest BCUT2D eigenvalue weighted by atomic mass is 16.5. The summed E-state index contributed by atoms with van der Waals surface area (Å²) in [7, 11) is 1.81. The van der Waals surface area contributed by atoms with E-state index in [2.05, 4.69) is 23.6 Å². The van der Waals surface area contributed by atoms with Crippen LogP contribution in [0.1, 0.15) is 39.5 Å². The van der Waals surface area contributed by atoms with Crippen LogP contribution in [-0.2, 0) is 4.74 Å². The van der Waals surface area contributed by atoms with Crippen LogP contribution in [0.2, 0.25) is 0 Å². The molecule has 118 valence electrons. The van der Waals surface area contributed by atoms with Gasteiger partial charge in [-0.1, -0.05) is 0 Å². The summed E-state index contributed by atoms with van der Waals surface area (Å²) >= 11 is 0. The molecule has 0 bridgehead atoms. The van der Waals surface area contributed by atoms with Crippen molar-refractivity contribution in [2.24, 2.45) is 11.7 Å². The number of piperidine rings is 2. The van der Waals surface area contributed by atoms with E-state index < -0.39 is 0 Å². The topological polar surface area (TPSA) is 41.7 Å².